The van der Waals surface area contributed by atoms with Crippen LogP contribution in [0.2, 0.25) is 0 Å². The van der Waals surface area contributed by atoms with E-state index in [2.05, 4.69) is 0 Å². The summed E-state index contributed by atoms with van der Waals surface area (Å²) >= 11 is 0. The maximum absolute atomic E-state index is 10.3. The molecule has 2 saturated heterocycles. The van der Waals surface area contributed by atoms with E-state index < -0.39 is 37.0 Å². The van der Waals surface area contributed by atoms with E-state index in [0.717, 1.165) is 6.42 Å². The average molecular weight is 342 g/mol. The summed E-state index contributed by atoms with van der Waals surface area (Å²) in [7, 11) is 0. The van der Waals surface area contributed by atoms with Crippen LogP contribution >= 0.6 is 0 Å². The number of phenolic OH excluding ortho intramolecular Hbond substituents is 2. The van der Waals surface area contributed by atoms with E-state index in [-0.39, 0.29) is 18.1 Å². The summed E-state index contributed by atoms with van der Waals surface area (Å²) in [6.07, 6.45) is -4.81. The van der Waals surface area contributed by atoms with Gasteiger partial charge in [0.25, 0.3) is 0 Å². The number of hydrogen-bond donors (Lipinski definition) is 4. The van der Waals surface area contributed by atoms with Crippen LogP contribution in [0.15, 0.2) is 18.2 Å². The number of ether oxygens (including phenoxy) is 4. The lowest BCUT2D eigenvalue weighted by atomic mass is 9.98. The van der Waals surface area contributed by atoms with Crippen LogP contribution < -0.4 is 0 Å². The predicted molar refractivity (Wildman–Crippen MR) is 80.3 cm³/mol. The number of hydrogen-bond acceptors (Lipinski definition) is 8. The van der Waals surface area contributed by atoms with Gasteiger partial charge in [0.15, 0.2) is 24.1 Å². The van der Waals surface area contributed by atoms with E-state index in [9.17, 15) is 20.4 Å². The van der Waals surface area contributed by atoms with Crippen molar-refractivity contribution in [2.45, 2.75) is 50.3 Å². The molecule has 3 rings (SSSR count). The molecule has 24 heavy (non-hydrogen) atoms. The highest BCUT2D eigenvalue weighted by atomic mass is 16.8. The summed E-state index contributed by atoms with van der Waals surface area (Å²) in [5.41, 5.74) is 0.481. The molecular weight excluding hydrogens is 320 g/mol. The molecule has 2 fully saturated rings. The van der Waals surface area contributed by atoms with Gasteiger partial charge in [-0.2, -0.15) is 0 Å². The Labute approximate surface area is 139 Å². The van der Waals surface area contributed by atoms with Crippen molar-refractivity contribution in [2.24, 2.45) is 0 Å². The molecule has 8 nitrogen and oxygen atoms in total. The number of aliphatic hydroxyl groups is 2. The summed E-state index contributed by atoms with van der Waals surface area (Å²) in [5.74, 6) is -0.546. The van der Waals surface area contributed by atoms with Crippen LogP contribution in [0.1, 0.15) is 25.2 Å². The van der Waals surface area contributed by atoms with Crippen molar-refractivity contribution < 1.29 is 39.4 Å². The molecule has 0 radical (unpaired) electrons. The quantitative estimate of drug-likeness (QED) is 0.580. The van der Waals surface area contributed by atoms with Crippen LogP contribution in [0.4, 0.5) is 0 Å². The normalized spacial score (nSPS) is 36.3. The van der Waals surface area contributed by atoms with Crippen molar-refractivity contribution in [3.63, 3.8) is 0 Å². The van der Waals surface area contributed by atoms with Crippen LogP contribution in [0, 0.1) is 0 Å². The zero-order chi connectivity index (χ0) is 17.3. The Balaban J connectivity index is 1.70. The molecule has 0 amide bonds. The lowest BCUT2D eigenvalue weighted by Gasteiger charge is -2.46. The summed E-state index contributed by atoms with van der Waals surface area (Å²) in [6.45, 7) is 2.47. The first-order chi connectivity index (χ1) is 11.5. The fourth-order valence-corrected chi connectivity index (χ4v) is 2.81. The highest BCUT2D eigenvalue weighted by Crippen LogP contribution is 2.36. The van der Waals surface area contributed by atoms with Crippen molar-refractivity contribution in [1.29, 1.82) is 0 Å². The van der Waals surface area contributed by atoms with Gasteiger partial charge in [-0.05, 0) is 18.6 Å². The first kappa shape index (κ1) is 17.4. The van der Waals surface area contributed by atoms with Crippen molar-refractivity contribution in [3.8, 4) is 11.5 Å². The molecule has 0 aliphatic carbocycles. The minimum Gasteiger partial charge on any atom is -0.504 e. The van der Waals surface area contributed by atoms with Gasteiger partial charge in [-0.15, -0.1) is 0 Å². The first-order valence-electron chi connectivity index (χ1n) is 7.93. The van der Waals surface area contributed by atoms with Crippen LogP contribution in [-0.2, 0) is 18.9 Å². The smallest absolute Gasteiger partial charge is 0.186 e. The minimum absolute atomic E-state index is 0.132. The summed E-state index contributed by atoms with van der Waals surface area (Å²) < 4.78 is 22.3. The van der Waals surface area contributed by atoms with Gasteiger partial charge in [-0.3, -0.25) is 0 Å². The lowest BCUT2D eigenvalue weighted by Crippen LogP contribution is -2.62. The van der Waals surface area contributed by atoms with Gasteiger partial charge >= 0.3 is 0 Å². The maximum atomic E-state index is 10.3. The Hall–Kier alpha value is -1.42. The van der Waals surface area contributed by atoms with Gasteiger partial charge in [0.1, 0.15) is 24.4 Å². The molecule has 1 aromatic carbocycles. The number of rotatable bonds is 4. The summed E-state index contributed by atoms with van der Waals surface area (Å²) in [4.78, 5) is 0. The molecule has 0 aromatic heterocycles. The zero-order valence-corrected chi connectivity index (χ0v) is 13.2. The van der Waals surface area contributed by atoms with Crippen molar-refractivity contribution in [1.82, 2.24) is 0 Å². The van der Waals surface area contributed by atoms with Crippen molar-refractivity contribution in [3.05, 3.63) is 23.8 Å². The highest BCUT2D eigenvalue weighted by Gasteiger charge is 2.49. The number of benzene rings is 1. The second kappa shape index (κ2) is 7.22. The number of aliphatic hydroxyl groups excluding tert-OH is 2. The van der Waals surface area contributed by atoms with Crippen LogP contribution in [0.25, 0.3) is 0 Å². The molecule has 0 spiro atoms. The van der Waals surface area contributed by atoms with E-state index >= 15 is 0 Å². The second-order valence-corrected chi connectivity index (χ2v) is 5.91. The molecule has 0 saturated carbocycles. The highest BCUT2D eigenvalue weighted by molar-refractivity contribution is 5.41. The Bertz CT molecular complexity index is 563. The molecule has 0 bridgehead atoms. The Morgan fingerprint density at radius 1 is 1.12 bits per heavy atom. The van der Waals surface area contributed by atoms with E-state index in [0.29, 0.717) is 12.2 Å². The monoisotopic (exact) mass is 342 g/mol. The Kier molecular flexibility index (Phi) is 5.24. The Morgan fingerprint density at radius 3 is 2.62 bits per heavy atom. The largest absolute Gasteiger partial charge is 0.504 e. The molecule has 2 aliphatic rings. The third-order valence-corrected chi connectivity index (χ3v) is 4.09. The predicted octanol–water partition coefficient (Wildman–Crippen LogP) is 0.385. The molecule has 6 atom stereocenters. The SMILES string of the molecule is CCCO[C@H]1O[C@@H]2COC(c3ccc(O)c(O)c3)O[C@H]2[C@H](O)[C@H]1O. The molecule has 1 aromatic rings. The lowest BCUT2D eigenvalue weighted by molar-refractivity contribution is -0.361. The van der Waals surface area contributed by atoms with Crippen LogP contribution in [0.5, 0.6) is 11.5 Å². The third kappa shape index (κ3) is 3.34. The molecule has 1 unspecified atom stereocenters. The van der Waals surface area contributed by atoms with Gasteiger partial charge in [-0.25, -0.2) is 0 Å². The van der Waals surface area contributed by atoms with Crippen molar-refractivity contribution >= 4 is 0 Å². The molecule has 4 N–H and O–H groups in total. The molecule has 2 heterocycles. The van der Waals surface area contributed by atoms with Crippen LogP contribution in [-0.4, -0.2) is 64.3 Å². The molecule has 2 aliphatic heterocycles. The average Bonchev–Trinajstić information content (AvgIpc) is 2.59. The summed E-state index contributed by atoms with van der Waals surface area (Å²) in [6, 6.07) is 4.18. The van der Waals surface area contributed by atoms with Gasteiger partial charge < -0.3 is 39.4 Å². The van der Waals surface area contributed by atoms with Gasteiger partial charge in [-0.1, -0.05) is 13.0 Å². The molecule has 134 valence electrons. The zero-order valence-electron chi connectivity index (χ0n) is 13.2. The van der Waals surface area contributed by atoms with Crippen molar-refractivity contribution in [2.75, 3.05) is 13.2 Å². The Morgan fingerprint density at radius 2 is 1.92 bits per heavy atom. The standard InChI is InChI=1S/C16H22O8/c1-2-5-21-16-13(20)12(19)14-11(23-16)7-22-15(24-14)8-3-4-9(17)10(18)6-8/h3-4,6,11-20H,2,5,7H2,1H3/t11-,12-,13-,14-,15?,16+/m1/s1. The fourth-order valence-electron chi connectivity index (χ4n) is 2.81. The fraction of sp³-hybridized carbons (Fsp3) is 0.625. The first-order valence-corrected chi connectivity index (χ1v) is 7.93. The van der Waals surface area contributed by atoms with E-state index in [4.69, 9.17) is 18.9 Å². The van der Waals surface area contributed by atoms with Gasteiger partial charge in [0.05, 0.1) is 6.61 Å². The minimum atomic E-state index is -1.23. The number of aromatic hydroxyl groups is 2. The number of fused-ring (bicyclic) bond motifs is 1. The summed E-state index contributed by atoms with van der Waals surface area (Å²) in [5, 5.41) is 39.4. The van der Waals surface area contributed by atoms with Gasteiger partial charge in [0, 0.05) is 12.2 Å². The number of phenols is 2. The maximum Gasteiger partial charge on any atom is 0.186 e. The van der Waals surface area contributed by atoms with E-state index in [1.165, 1.54) is 12.1 Å². The third-order valence-electron chi connectivity index (χ3n) is 4.09. The second-order valence-electron chi connectivity index (χ2n) is 5.91. The molecule has 8 heteroatoms. The van der Waals surface area contributed by atoms with E-state index in [1.807, 2.05) is 6.92 Å². The molecular formula is C16H22O8. The topological polar surface area (TPSA) is 118 Å². The van der Waals surface area contributed by atoms with Gasteiger partial charge in [0.2, 0.25) is 0 Å². The van der Waals surface area contributed by atoms with E-state index in [1.54, 1.807) is 6.07 Å². The van der Waals surface area contributed by atoms with Crippen LogP contribution in [0.3, 0.4) is 0 Å².